The minimum absolute atomic E-state index is 0.446. The molecule has 1 aromatic heterocycles. The monoisotopic (exact) mass is 292 g/mol. The molecular weight excluding hydrogens is 284 g/mol. The lowest BCUT2D eigenvalue weighted by molar-refractivity contribution is -0.384. The summed E-state index contributed by atoms with van der Waals surface area (Å²) in [6.07, 6.45) is 0.863. The Bertz CT molecular complexity index is 837. The summed E-state index contributed by atoms with van der Waals surface area (Å²) in [5, 5.41) is 22.5. The Morgan fingerprint density at radius 1 is 1.33 bits per heavy atom. The van der Waals surface area contributed by atoms with Crippen molar-refractivity contribution in [3.63, 3.8) is 0 Å². The molecule has 2 rings (SSSR count). The summed E-state index contributed by atoms with van der Waals surface area (Å²) in [5.74, 6) is -1.55. The smallest absolute Gasteiger partial charge is 0.325 e. The summed E-state index contributed by atoms with van der Waals surface area (Å²) in [6, 6.07) is 3.45. The standard InChI is InChI=1S/C11H8N4O6/c16-7-3-1-2-6(15(20)21)8(7)13-9(17)5-4-12-11(19)14-10(5)18/h1-4,16H,(H,13,17)(H2,12,14,18,19). The average molecular weight is 292 g/mol. The third kappa shape index (κ3) is 2.78. The van der Waals surface area contributed by atoms with E-state index in [0.29, 0.717) is 0 Å². The van der Waals surface area contributed by atoms with E-state index in [1.807, 2.05) is 4.98 Å². The third-order valence-corrected chi connectivity index (χ3v) is 2.52. The molecule has 0 aliphatic heterocycles. The Balaban J connectivity index is 2.43. The van der Waals surface area contributed by atoms with Crippen LogP contribution in [0.25, 0.3) is 0 Å². The van der Waals surface area contributed by atoms with Crippen molar-refractivity contribution in [1.29, 1.82) is 0 Å². The fourth-order valence-corrected chi connectivity index (χ4v) is 1.57. The van der Waals surface area contributed by atoms with Crippen LogP contribution in [0.2, 0.25) is 0 Å². The molecule has 0 spiro atoms. The van der Waals surface area contributed by atoms with E-state index in [4.69, 9.17) is 0 Å². The number of nitrogens with one attached hydrogen (secondary N) is 3. The first kappa shape index (κ1) is 14.0. The highest BCUT2D eigenvalue weighted by Gasteiger charge is 2.21. The Kier molecular flexibility index (Phi) is 3.52. The molecule has 0 bridgehead atoms. The minimum Gasteiger partial charge on any atom is -0.505 e. The molecule has 4 N–H and O–H groups in total. The number of carbonyl (C=O) groups is 1. The Morgan fingerprint density at radius 3 is 2.67 bits per heavy atom. The number of hydrogen-bond acceptors (Lipinski definition) is 6. The Hall–Kier alpha value is -3.43. The van der Waals surface area contributed by atoms with Gasteiger partial charge in [0.1, 0.15) is 11.3 Å². The zero-order valence-electron chi connectivity index (χ0n) is 10.2. The highest BCUT2D eigenvalue weighted by atomic mass is 16.6. The molecule has 0 radical (unpaired) electrons. The number of phenols is 1. The summed E-state index contributed by atoms with van der Waals surface area (Å²) in [5.41, 5.74) is -3.21. The number of phenolic OH excluding ortho intramolecular Hbond substituents is 1. The number of H-pyrrole nitrogens is 2. The molecule has 0 saturated heterocycles. The van der Waals surface area contributed by atoms with Crippen LogP contribution in [-0.4, -0.2) is 25.9 Å². The van der Waals surface area contributed by atoms with Crippen molar-refractivity contribution in [3.8, 4) is 5.75 Å². The van der Waals surface area contributed by atoms with Gasteiger partial charge in [0.05, 0.1) is 4.92 Å². The highest BCUT2D eigenvalue weighted by Crippen LogP contribution is 2.33. The van der Waals surface area contributed by atoms with Crippen LogP contribution in [0.1, 0.15) is 10.4 Å². The molecule has 21 heavy (non-hydrogen) atoms. The largest absolute Gasteiger partial charge is 0.505 e. The molecule has 0 unspecified atom stereocenters. The molecular formula is C11H8N4O6. The molecule has 10 heteroatoms. The lowest BCUT2D eigenvalue weighted by Gasteiger charge is -2.07. The SMILES string of the molecule is O=C(Nc1c(O)cccc1[N+](=O)[O-])c1c[nH]c(=O)[nH]c1=O. The maximum absolute atomic E-state index is 11.9. The summed E-state index contributed by atoms with van der Waals surface area (Å²) >= 11 is 0. The van der Waals surface area contributed by atoms with E-state index in [0.717, 1.165) is 18.3 Å². The van der Waals surface area contributed by atoms with E-state index in [9.17, 15) is 29.6 Å². The number of amides is 1. The number of hydrogen-bond donors (Lipinski definition) is 4. The Labute approximate surface area is 115 Å². The van der Waals surface area contributed by atoms with Gasteiger partial charge < -0.3 is 15.4 Å². The zero-order valence-corrected chi connectivity index (χ0v) is 10.2. The molecule has 0 fully saturated rings. The van der Waals surface area contributed by atoms with E-state index >= 15 is 0 Å². The maximum Gasteiger partial charge on any atom is 0.325 e. The van der Waals surface area contributed by atoms with Gasteiger partial charge in [-0.15, -0.1) is 0 Å². The number of nitro groups is 1. The molecule has 0 saturated carbocycles. The zero-order chi connectivity index (χ0) is 15.6. The van der Waals surface area contributed by atoms with E-state index in [1.165, 1.54) is 6.07 Å². The number of aromatic hydroxyl groups is 1. The molecule has 1 amide bonds. The second-order valence-corrected chi connectivity index (χ2v) is 3.87. The van der Waals surface area contributed by atoms with E-state index in [2.05, 4.69) is 10.3 Å². The van der Waals surface area contributed by atoms with Crippen LogP contribution in [0.3, 0.4) is 0 Å². The van der Waals surface area contributed by atoms with Crippen LogP contribution in [-0.2, 0) is 0 Å². The summed E-state index contributed by atoms with van der Waals surface area (Å²) in [4.78, 5) is 48.1. The minimum atomic E-state index is -1.02. The van der Waals surface area contributed by atoms with Crippen LogP contribution >= 0.6 is 0 Å². The fourth-order valence-electron chi connectivity index (χ4n) is 1.57. The molecule has 10 nitrogen and oxygen atoms in total. The van der Waals surface area contributed by atoms with Gasteiger partial charge in [-0.1, -0.05) is 6.07 Å². The lowest BCUT2D eigenvalue weighted by atomic mass is 10.2. The first-order chi connectivity index (χ1) is 9.90. The molecule has 1 aromatic carbocycles. The third-order valence-electron chi connectivity index (χ3n) is 2.52. The van der Waals surface area contributed by atoms with E-state index in [-0.39, 0.29) is 0 Å². The van der Waals surface area contributed by atoms with Gasteiger partial charge in [0.15, 0.2) is 5.69 Å². The second kappa shape index (κ2) is 5.28. The van der Waals surface area contributed by atoms with Gasteiger partial charge >= 0.3 is 5.69 Å². The molecule has 0 atom stereocenters. The predicted octanol–water partition coefficient (Wildman–Crippen LogP) is -0.0707. The quantitative estimate of drug-likeness (QED) is 0.352. The van der Waals surface area contributed by atoms with Crippen molar-refractivity contribution in [2.45, 2.75) is 0 Å². The van der Waals surface area contributed by atoms with Crippen molar-refractivity contribution < 1.29 is 14.8 Å². The van der Waals surface area contributed by atoms with E-state index in [1.54, 1.807) is 0 Å². The first-order valence-electron chi connectivity index (χ1n) is 5.50. The van der Waals surface area contributed by atoms with Crippen LogP contribution in [0.4, 0.5) is 11.4 Å². The second-order valence-electron chi connectivity index (χ2n) is 3.87. The molecule has 0 aliphatic rings. The summed E-state index contributed by atoms with van der Waals surface area (Å²) in [6.45, 7) is 0. The summed E-state index contributed by atoms with van der Waals surface area (Å²) < 4.78 is 0. The van der Waals surface area contributed by atoms with Gasteiger partial charge in [-0.2, -0.15) is 0 Å². The predicted molar refractivity (Wildman–Crippen MR) is 70.4 cm³/mol. The van der Waals surface area contributed by atoms with Gasteiger partial charge in [0, 0.05) is 12.3 Å². The van der Waals surface area contributed by atoms with Crippen LogP contribution in [0.15, 0.2) is 34.0 Å². The van der Waals surface area contributed by atoms with Gasteiger partial charge in [-0.3, -0.25) is 24.7 Å². The van der Waals surface area contributed by atoms with Gasteiger partial charge in [-0.25, -0.2) is 4.79 Å². The van der Waals surface area contributed by atoms with Crippen molar-refractivity contribution in [3.05, 3.63) is 60.9 Å². The van der Waals surface area contributed by atoms with Crippen LogP contribution in [0.5, 0.6) is 5.75 Å². The van der Waals surface area contributed by atoms with Crippen LogP contribution < -0.4 is 16.6 Å². The number of rotatable bonds is 3. The van der Waals surface area contributed by atoms with Crippen LogP contribution in [0, 0.1) is 10.1 Å². The highest BCUT2D eigenvalue weighted by molar-refractivity contribution is 6.05. The molecule has 2 aromatic rings. The average Bonchev–Trinajstić information content (AvgIpc) is 2.40. The maximum atomic E-state index is 11.9. The first-order valence-corrected chi connectivity index (χ1v) is 5.50. The number of nitro benzene ring substituents is 1. The molecule has 0 aliphatic carbocycles. The van der Waals surface area contributed by atoms with Crippen molar-refractivity contribution in [2.24, 2.45) is 0 Å². The van der Waals surface area contributed by atoms with Gasteiger partial charge in [0.25, 0.3) is 17.2 Å². The number of carbonyl (C=O) groups excluding carboxylic acids is 1. The normalized spacial score (nSPS) is 10.1. The number of aromatic nitrogens is 2. The fraction of sp³-hybridized carbons (Fsp3) is 0. The Morgan fingerprint density at radius 2 is 2.05 bits per heavy atom. The number of para-hydroxylation sites is 1. The van der Waals surface area contributed by atoms with Gasteiger partial charge in [-0.05, 0) is 6.07 Å². The number of aromatic amines is 2. The topological polar surface area (TPSA) is 158 Å². The number of nitrogens with zero attached hydrogens (tertiary/aromatic N) is 1. The van der Waals surface area contributed by atoms with Crippen molar-refractivity contribution in [2.75, 3.05) is 5.32 Å². The lowest BCUT2D eigenvalue weighted by Crippen LogP contribution is -2.29. The summed E-state index contributed by atoms with van der Waals surface area (Å²) in [7, 11) is 0. The van der Waals surface area contributed by atoms with E-state index < -0.39 is 44.8 Å². The van der Waals surface area contributed by atoms with Gasteiger partial charge in [0.2, 0.25) is 0 Å². The molecule has 108 valence electrons. The van der Waals surface area contributed by atoms with Crippen molar-refractivity contribution in [1.82, 2.24) is 9.97 Å². The molecule has 1 heterocycles. The number of anilines is 1. The van der Waals surface area contributed by atoms with Crippen molar-refractivity contribution >= 4 is 17.3 Å². The number of benzene rings is 1.